The molecule has 0 saturated heterocycles. The molecule has 0 aromatic carbocycles. The molecule has 0 amide bonds. The zero-order valence-electron chi connectivity index (χ0n) is 10.9. The van der Waals surface area contributed by atoms with E-state index in [4.69, 9.17) is 0 Å². The number of carbonyl (C=O) groups is 1. The highest BCUT2D eigenvalue weighted by atomic mass is 79.9. The summed E-state index contributed by atoms with van der Waals surface area (Å²) in [5.41, 5.74) is 1.33. The van der Waals surface area contributed by atoms with Gasteiger partial charge in [-0.25, -0.2) is 0 Å². The van der Waals surface area contributed by atoms with E-state index in [9.17, 15) is 4.79 Å². The second kappa shape index (κ2) is 7.36. The first-order valence-corrected chi connectivity index (χ1v) is 9.00. The Morgan fingerprint density at radius 2 is 2.05 bits per heavy atom. The number of halogens is 1. The third kappa shape index (κ3) is 4.01. The van der Waals surface area contributed by atoms with Gasteiger partial charge < -0.3 is 0 Å². The first kappa shape index (κ1) is 14.9. The summed E-state index contributed by atoms with van der Waals surface area (Å²) in [6.45, 7) is 2.23. The molecule has 4 heteroatoms. The van der Waals surface area contributed by atoms with Crippen molar-refractivity contribution in [3.8, 4) is 9.75 Å². The third-order valence-corrected chi connectivity index (χ3v) is 5.95. The Morgan fingerprint density at radius 3 is 2.68 bits per heavy atom. The van der Waals surface area contributed by atoms with Crippen molar-refractivity contribution < 1.29 is 4.79 Å². The van der Waals surface area contributed by atoms with Gasteiger partial charge in [0.15, 0.2) is 6.29 Å². The molecule has 0 aliphatic heterocycles. The van der Waals surface area contributed by atoms with Crippen LogP contribution in [-0.4, -0.2) is 6.29 Å². The maximum atomic E-state index is 11.0. The Morgan fingerprint density at radius 1 is 1.21 bits per heavy atom. The number of unbranched alkanes of at least 4 members (excludes halogenated alkanes) is 3. The summed E-state index contributed by atoms with van der Waals surface area (Å²) >= 11 is 6.85. The van der Waals surface area contributed by atoms with E-state index in [0.29, 0.717) is 0 Å². The predicted molar refractivity (Wildman–Crippen MR) is 88.6 cm³/mol. The minimum absolute atomic E-state index is 0.838. The fraction of sp³-hybridized carbons (Fsp3) is 0.400. The number of aldehydes is 1. The lowest BCUT2D eigenvalue weighted by atomic mass is 10.1. The molecule has 2 rings (SSSR count). The smallest absolute Gasteiger partial charge is 0.160 e. The van der Waals surface area contributed by atoms with E-state index >= 15 is 0 Å². The van der Waals surface area contributed by atoms with Crippen LogP contribution in [0.2, 0.25) is 0 Å². The first-order valence-electron chi connectivity index (χ1n) is 6.58. The normalized spacial score (nSPS) is 10.8. The quantitative estimate of drug-likeness (QED) is 0.427. The number of thiophene rings is 2. The van der Waals surface area contributed by atoms with E-state index in [1.54, 1.807) is 22.7 Å². The molecule has 0 radical (unpaired) electrons. The molecule has 0 atom stereocenters. The minimum Gasteiger partial charge on any atom is -0.297 e. The van der Waals surface area contributed by atoms with Gasteiger partial charge in [-0.2, -0.15) is 0 Å². The van der Waals surface area contributed by atoms with Crippen LogP contribution in [0.15, 0.2) is 22.0 Å². The lowest BCUT2D eigenvalue weighted by Gasteiger charge is -2.01. The highest BCUT2D eigenvalue weighted by molar-refractivity contribution is 9.11. The Balaban J connectivity index is 2.16. The van der Waals surface area contributed by atoms with Crippen LogP contribution in [0, 0.1) is 0 Å². The van der Waals surface area contributed by atoms with E-state index in [2.05, 4.69) is 41.1 Å². The van der Waals surface area contributed by atoms with Crippen molar-refractivity contribution in [1.29, 1.82) is 0 Å². The molecular formula is C15H17BrOS2. The Hall–Kier alpha value is -0.450. The average Bonchev–Trinajstić information content (AvgIpc) is 3.00. The Labute approximate surface area is 130 Å². The molecule has 1 nitrogen and oxygen atoms in total. The minimum atomic E-state index is 0.838. The van der Waals surface area contributed by atoms with Crippen molar-refractivity contribution in [2.75, 3.05) is 0 Å². The largest absolute Gasteiger partial charge is 0.297 e. The molecule has 19 heavy (non-hydrogen) atoms. The van der Waals surface area contributed by atoms with Crippen LogP contribution < -0.4 is 0 Å². The fourth-order valence-electron chi connectivity index (χ4n) is 2.08. The van der Waals surface area contributed by atoms with Gasteiger partial charge in [0.1, 0.15) is 0 Å². The van der Waals surface area contributed by atoms with Crippen LogP contribution in [-0.2, 0) is 6.42 Å². The van der Waals surface area contributed by atoms with E-state index < -0.39 is 0 Å². The summed E-state index contributed by atoms with van der Waals surface area (Å²) in [6, 6.07) is 6.26. The molecule has 0 saturated carbocycles. The van der Waals surface area contributed by atoms with Crippen molar-refractivity contribution in [2.24, 2.45) is 0 Å². The van der Waals surface area contributed by atoms with Crippen LogP contribution >= 0.6 is 38.6 Å². The zero-order valence-corrected chi connectivity index (χ0v) is 14.2. The van der Waals surface area contributed by atoms with Crippen molar-refractivity contribution in [1.82, 2.24) is 0 Å². The molecule has 2 heterocycles. The van der Waals surface area contributed by atoms with Gasteiger partial charge in [0, 0.05) is 9.75 Å². The monoisotopic (exact) mass is 356 g/mol. The van der Waals surface area contributed by atoms with Crippen LogP contribution in [0.5, 0.6) is 0 Å². The number of rotatable bonds is 7. The SMILES string of the molecule is CCCCCCc1cc(C=O)sc1-c1ccc(Br)s1. The average molecular weight is 357 g/mol. The molecule has 2 aromatic heterocycles. The van der Waals surface area contributed by atoms with E-state index in [-0.39, 0.29) is 0 Å². The van der Waals surface area contributed by atoms with Crippen LogP contribution in [0.25, 0.3) is 9.75 Å². The molecule has 102 valence electrons. The van der Waals surface area contributed by atoms with Crippen molar-refractivity contribution >= 4 is 44.9 Å². The van der Waals surface area contributed by atoms with Gasteiger partial charge in [0.2, 0.25) is 0 Å². The van der Waals surface area contributed by atoms with Crippen molar-refractivity contribution in [2.45, 2.75) is 39.0 Å². The summed E-state index contributed by atoms with van der Waals surface area (Å²) in [5, 5.41) is 0. The van der Waals surface area contributed by atoms with E-state index in [1.807, 2.05) is 0 Å². The molecule has 0 fully saturated rings. The molecule has 0 bridgehead atoms. The Kier molecular flexibility index (Phi) is 5.79. The molecule has 0 N–H and O–H groups in total. The zero-order chi connectivity index (χ0) is 13.7. The summed E-state index contributed by atoms with van der Waals surface area (Å²) < 4.78 is 1.14. The highest BCUT2D eigenvalue weighted by Crippen LogP contribution is 2.38. The van der Waals surface area contributed by atoms with Crippen molar-refractivity contribution in [3.05, 3.63) is 32.4 Å². The molecular weight excluding hydrogens is 340 g/mol. The maximum Gasteiger partial charge on any atom is 0.160 e. The van der Waals surface area contributed by atoms with Gasteiger partial charge in [0.05, 0.1) is 8.66 Å². The summed E-state index contributed by atoms with van der Waals surface area (Å²) in [6.07, 6.45) is 7.08. The van der Waals surface area contributed by atoms with Gasteiger partial charge in [0.25, 0.3) is 0 Å². The van der Waals surface area contributed by atoms with Gasteiger partial charge in [-0.05, 0) is 52.5 Å². The summed E-state index contributed by atoms with van der Waals surface area (Å²) in [5.74, 6) is 0. The molecule has 0 unspecified atom stereocenters. The van der Waals surface area contributed by atoms with Gasteiger partial charge in [-0.1, -0.05) is 26.2 Å². The predicted octanol–water partition coefficient (Wildman–Crippen LogP) is 6.17. The van der Waals surface area contributed by atoms with Crippen LogP contribution in [0.1, 0.15) is 47.8 Å². The van der Waals surface area contributed by atoms with Gasteiger partial charge in [-0.3, -0.25) is 4.79 Å². The van der Waals surface area contributed by atoms with Gasteiger partial charge >= 0.3 is 0 Å². The topological polar surface area (TPSA) is 17.1 Å². The highest BCUT2D eigenvalue weighted by Gasteiger charge is 2.12. The standard InChI is InChI=1S/C15H17BrOS2/c1-2-3-4-5-6-11-9-12(10-17)18-15(11)13-7-8-14(16)19-13/h7-10H,2-6H2,1H3. The Bertz CT molecular complexity index is 542. The van der Waals surface area contributed by atoms with Gasteiger partial charge in [-0.15, -0.1) is 22.7 Å². The van der Waals surface area contributed by atoms with E-state index in [0.717, 1.165) is 21.4 Å². The molecule has 0 aliphatic rings. The van der Waals surface area contributed by atoms with Crippen molar-refractivity contribution in [3.63, 3.8) is 0 Å². The van der Waals surface area contributed by atoms with Crippen LogP contribution in [0.4, 0.5) is 0 Å². The third-order valence-electron chi connectivity index (χ3n) is 3.04. The summed E-state index contributed by atoms with van der Waals surface area (Å²) in [7, 11) is 0. The lowest BCUT2D eigenvalue weighted by molar-refractivity contribution is 0.112. The second-order valence-corrected chi connectivity index (χ2v) is 8.08. The van der Waals surface area contributed by atoms with E-state index in [1.165, 1.54) is 41.0 Å². The molecule has 0 aliphatic carbocycles. The fourth-order valence-corrected chi connectivity index (χ4v) is 4.64. The van der Waals surface area contributed by atoms with Crippen LogP contribution in [0.3, 0.4) is 0 Å². The number of hydrogen-bond acceptors (Lipinski definition) is 3. The summed E-state index contributed by atoms with van der Waals surface area (Å²) in [4.78, 5) is 14.4. The second-order valence-electron chi connectivity index (χ2n) is 4.54. The number of carbonyl (C=O) groups excluding carboxylic acids is 1. The number of aryl methyl sites for hydroxylation is 1. The molecule has 2 aromatic rings. The lowest BCUT2D eigenvalue weighted by Crippen LogP contribution is -1.85. The molecule has 0 spiro atoms. The number of hydrogen-bond donors (Lipinski definition) is 0. The maximum absolute atomic E-state index is 11.0. The first-order chi connectivity index (χ1) is 9.24.